The molecular formula is C9H6I2OS. The highest BCUT2D eigenvalue weighted by Gasteiger charge is 2.08. The molecule has 0 aliphatic heterocycles. The number of hydrogen-bond donors (Lipinski definition) is 1. The molecule has 4 heteroatoms. The number of aliphatic hydroxyl groups excluding tert-OH is 1. The summed E-state index contributed by atoms with van der Waals surface area (Å²) in [5.41, 5.74) is 0. The Balaban J connectivity index is 2.77. The van der Waals surface area contributed by atoms with Crippen LogP contribution < -0.4 is 0 Å². The van der Waals surface area contributed by atoms with E-state index in [-0.39, 0.29) is 6.61 Å². The molecule has 2 rings (SSSR count). The monoisotopic (exact) mass is 416 g/mol. The summed E-state index contributed by atoms with van der Waals surface area (Å²) < 4.78 is 3.69. The van der Waals surface area contributed by atoms with Crippen LogP contribution in [0.4, 0.5) is 0 Å². The van der Waals surface area contributed by atoms with E-state index in [4.69, 9.17) is 5.11 Å². The first-order valence-electron chi connectivity index (χ1n) is 3.69. The summed E-state index contributed by atoms with van der Waals surface area (Å²) >= 11 is 6.27. The number of hydrogen-bond acceptors (Lipinski definition) is 2. The maximum absolute atomic E-state index is 9.09. The first-order chi connectivity index (χ1) is 6.22. The predicted octanol–water partition coefficient (Wildman–Crippen LogP) is 3.60. The fraction of sp³-hybridized carbons (Fsp3) is 0.111. The highest BCUT2D eigenvalue weighted by Crippen LogP contribution is 2.33. The van der Waals surface area contributed by atoms with Crippen LogP contribution in [0.3, 0.4) is 0 Å². The van der Waals surface area contributed by atoms with Crippen LogP contribution in [0.15, 0.2) is 18.2 Å². The van der Waals surface area contributed by atoms with E-state index in [0.29, 0.717) is 0 Å². The summed E-state index contributed by atoms with van der Waals surface area (Å²) in [6, 6.07) is 6.37. The van der Waals surface area contributed by atoms with Crippen LogP contribution in [0.2, 0.25) is 0 Å². The van der Waals surface area contributed by atoms with Gasteiger partial charge in [-0.3, -0.25) is 0 Å². The minimum atomic E-state index is 0.147. The fourth-order valence-corrected chi connectivity index (χ4v) is 3.75. The van der Waals surface area contributed by atoms with Crippen LogP contribution in [-0.2, 0) is 6.61 Å². The molecule has 0 radical (unpaired) electrons. The van der Waals surface area contributed by atoms with Crippen LogP contribution in [-0.4, -0.2) is 5.11 Å². The van der Waals surface area contributed by atoms with E-state index in [2.05, 4.69) is 63.4 Å². The van der Waals surface area contributed by atoms with E-state index >= 15 is 0 Å². The zero-order chi connectivity index (χ0) is 9.42. The van der Waals surface area contributed by atoms with E-state index in [0.717, 1.165) is 4.88 Å². The second-order valence-corrected chi connectivity index (χ2v) is 6.10. The van der Waals surface area contributed by atoms with E-state index in [1.165, 1.54) is 17.2 Å². The van der Waals surface area contributed by atoms with Gasteiger partial charge in [0.1, 0.15) is 0 Å². The molecule has 1 N–H and O–H groups in total. The van der Waals surface area contributed by atoms with Crippen LogP contribution >= 0.6 is 56.5 Å². The molecule has 0 saturated heterocycles. The van der Waals surface area contributed by atoms with E-state index in [9.17, 15) is 0 Å². The lowest BCUT2D eigenvalue weighted by Crippen LogP contribution is -1.78. The number of aliphatic hydroxyl groups is 1. The third-order valence-electron chi connectivity index (χ3n) is 1.80. The molecule has 68 valence electrons. The minimum Gasteiger partial charge on any atom is -0.391 e. The predicted molar refractivity (Wildman–Crippen MR) is 73.2 cm³/mol. The van der Waals surface area contributed by atoms with Gasteiger partial charge in [-0.1, -0.05) is 0 Å². The third-order valence-corrected chi connectivity index (χ3v) is 5.22. The second kappa shape index (κ2) is 4.00. The van der Waals surface area contributed by atoms with Crippen molar-refractivity contribution in [3.63, 3.8) is 0 Å². The number of fused-ring (bicyclic) bond motifs is 1. The SMILES string of the molecule is OCc1sc2ccc(I)cc2c1I. The number of rotatable bonds is 1. The molecule has 0 aliphatic carbocycles. The summed E-state index contributed by atoms with van der Waals surface area (Å²) in [5, 5.41) is 10.4. The van der Waals surface area contributed by atoms with Crippen molar-refractivity contribution in [2.24, 2.45) is 0 Å². The largest absolute Gasteiger partial charge is 0.391 e. The molecule has 0 unspecified atom stereocenters. The molecule has 0 aliphatic rings. The molecule has 0 amide bonds. The van der Waals surface area contributed by atoms with Crippen LogP contribution in [0.5, 0.6) is 0 Å². The van der Waals surface area contributed by atoms with Gasteiger partial charge in [-0.2, -0.15) is 0 Å². The second-order valence-electron chi connectivity index (χ2n) is 2.64. The Bertz CT molecular complexity index is 450. The lowest BCUT2D eigenvalue weighted by molar-refractivity contribution is 0.285. The molecule has 2 aromatic rings. The van der Waals surface area contributed by atoms with Gasteiger partial charge >= 0.3 is 0 Å². The highest BCUT2D eigenvalue weighted by molar-refractivity contribution is 14.1. The van der Waals surface area contributed by atoms with Gasteiger partial charge in [0.15, 0.2) is 0 Å². The smallest absolute Gasteiger partial charge is 0.0785 e. The Hall–Kier alpha value is 0.600. The molecule has 1 aromatic heterocycles. The molecular weight excluding hydrogens is 410 g/mol. The van der Waals surface area contributed by atoms with Gasteiger partial charge in [-0.25, -0.2) is 0 Å². The fourth-order valence-electron chi connectivity index (χ4n) is 1.19. The molecule has 0 saturated carbocycles. The Morgan fingerprint density at radius 1 is 1.31 bits per heavy atom. The van der Waals surface area contributed by atoms with Gasteiger partial charge in [-0.15, -0.1) is 11.3 Å². The first-order valence-corrected chi connectivity index (χ1v) is 6.67. The van der Waals surface area contributed by atoms with Crippen molar-refractivity contribution in [3.8, 4) is 0 Å². The Labute approximate surface area is 107 Å². The molecule has 13 heavy (non-hydrogen) atoms. The third kappa shape index (κ3) is 1.86. The van der Waals surface area contributed by atoms with E-state index < -0.39 is 0 Å². The van der Waals surface area contributed by atoms with Crippen molar-refractivity contribution in [1.82, 2.24) is 0 Å². The summed E-state index contributed by atoms with van der Waals surface area (Å²) in [7, 11) is 0. The lowest BCUT2D eigenvalue weighted by Gasteiger charge is -1.92. The van der Waals surface area contributed by atoms with Crippen molar-refractivity contribution >= 4 is 66.6 Å². The maximum Gasteiger partial charge on any atom is 0.0785 e. The summed E-state index contributed by atoms with van der Waals surface area (Å²) in [4.78, 5) is 1.07. The average Bonchev–Trinajstić information content (AvgIpc) is 2.44. The van der Waals surface area contributed by atoms with E-state index in [1.54, 1.807) is 11.3 Å². The zero-order valence-corrected chi connectivity index (χ0v) is 11.7. The zero-order valence-electron chi connectivity index (χ0n) is 6.55. The molecule has 0 spiro atoms. The van der Waals surface area contributed by atoms with Crippen molar-refractivity contribution < 1.29 is 5.11 Å². The average molecular weight is 416 g/mol. The normalized spacial score (nSPS) is 11.0. The molecule has 1 nitrogen and oxygen atoms in total. The van der Waals surface area contributed by atoms with Gasteiger partial charge < -0.3 is 5.11 Å². The van der Waals surface area contributed by atoms with Gasteiger partial charge in [0, 0.05) is 22.1 Å². The highest BCUT2D eigenvalue weighted by atomic mass is 127. The summed E-state index contributed by atoms with van der Waals surface area (Å²) in [6.07, 6.45) is 0. The van der Waals surface area contributed by atoms with Gasteiger partial charge in [0.05, 0.1) is 6.61 Å². The van der Waals surface area contributed by atoms with Crippen molar-refractivity contribution in [1.29, 1.82) is 0 Å². The molecule has 1 aromatic carbocycles. The molecule has 0 fully saturated rings. The Morgan fingerprint density at radius 2 is 2.08 bits per heavy atom. The van der Waals surface area contributed by atoms with Crippen LogP contribution in [0.25, 0.3) is 10.1 Å². The van der Waals surface area contributed by atoms with E-state index in [1.807, 2.05) is 0 Å². The van der Waals surface area contributed by atoms with Crippen molar-refractivity contribution in [2.75, 3.05) is 0 Å². The summed E-state index contributed by atoms with van der Waals surface area (Å²) in [5.74, 6) is 0. The van der Waals surface area contributed by atoms with Crippen molar-refractivity contribution in [2.45, 2.75) is 6.61 Å². The quantitative estimate of drug-likeness (QED) is 0.705. The van der Waals surface area contributed by atoms with Gasteiger partial charge in [-0.05, 0) is 63.4 Å². The summed E-state index contributed by atoms with van der Waals surface area (Å²) in [6.45, 7) is 0.147. The number of thiophene rings is 1. The van der Waals surface area contributed by atoms with Crippen LogP contribution in [0.1, 0.15) is 4.88 Å². The molecule has 1 heterocycles. The first kappa shape index (κ1) is 10.1. The minimum absolute atomic E-state index is 0.147. The van der Waals surface area contributed by atoms with Crippen LogP contribution in [0, 0.1) is 7.14 Å². The number of halogens is 2. The molecule has 0 atom stereocenters. The topological polar surface area (TPSA) is 20.2 Å². The van der Waals surface area contributed by atoms with Gasteiger partial charge in [0.25, 0.3) is 0 Å². The number of benzene rings is 1. The maximum atomic E-state index is 9.09. The lowest BCUT2D eigenvalue weighted by atomic mass is 10.2. The Kier molecular flexibility index (Phi) is 3.11. The Morgan fingerprint density at radius 3 is 2.77 bits per heavy atom. The molecule has 0 bridgehead atoms. The van der Waals surface area contributed by atoms with Crippen molar-refractivity contribution in [3.05, 3.63) is 30.2 Å². The van der Waals surface area contributed by atoms with Gasteiger partial charge in [0.2, 0.25) is 0 Å². The standard InChI is InChI=1S/C9H6I2OS/c10-5-1-2-7-6(3-5)9(11)8(4-12)13-7/h1-3,12H,4H2.